The summed E-state index contributed by atoms with van der Waals surface area (Å²) in [6, 6.07) is 0. The molecule has 0 saturated heterocycles. The lowest BCUT2D eigenvalue weighted by molar-refractivity contribution is 0.514. The number of allylic oxidation sites excluding steroid dienone is 6. The first-order valence-electron chi connectivity index (χ1n) is 5.78. The summed E-state index contributed by atoms with van der Waals surface area (Å²) >= 11 is 0. The molecule has 16 heavy (non-hydrogen) atoms. The van der Waals surface area contributed by atoms with Gasteiger partial charge in [0.15, 0.2) is 0 Å². The van der Waals surface area contributed by atoms with E-state index in [4.69, 9.17) is 0 Å². The van der Waals surface area contributed by atoms with Crippen molar-refractivity contribution < 1.29 is 0 Å². The van der Waals surface area contributed by atoms with E-state index in [1.54, 1.807) is 0 Å². The maximum absolute atomic E-state index is 4.03. The molecule has 1 aliphatic heterocycles. The molecule has 0 atom stereocenters. The van der Waals surface area contributed by atoms with Gasteiger partial charge in [0.1, 0.15) is 0 Å². The topological polar surface area (TPSA) is 3.24 Å². The summed E-state index contributed by atoms with van der Waals surface area (Å²) in [5.74, 6) is 0. The van der Waals surface area contributed by atoms with Crippen molar-refractivity contribution in [3.63, 3.8) is 0 Å². The maximum Gasteiger partial charge on any atom is 0.0435 e. The number of nitrogens with zero attached hydrogens (tertiary/aromatic N) is 1. The molecule has 0 spiro atoms. The lowest BCUT2D eigenvalue weighted by Crippen LogP contribution is -2.19. The van der Waals surface area contributed by atoms with E-state index in [0.717, 1.165) is 18.7 Å². The lowest BCUT2D eigenvalue weighted by atomic mass is 10.1. The molecule has 1 rings (SSSR count). The van der Waals surface area contributed by atoms with Gasteiger partial charge < -0.3 is 4.90 Å². The highest BCUT2D eigenvalue weighted by Crippen LogP contribution is 2.16. The van der Waals surface area contributed by atoms with Crippen LogP contribution in [0.15, 0.2) is 60.0 Å². The summed E-state index contributed by atoms with van der Waals surface area (Å²) in [6.45, 7) is 11.3. The van der Waals surface area contributed by atoms with Crippen molar-refractivity contribution in [3.05, 3.63) is 60.0 Å². The van der Waals surface area contributed by atoms with Crippen LogP contribution in [0.5, 0.6) is 0 Å². The van der Waals surface area contributed by atoms with Gasteiger partial charge in [-0.2, -0.15) is 0 Å². The molecule has 1 heterocycles. The molecule has 0 aromatic carbocycles. The molecular weight excluding hydrogens is 194 g/mol. The Morgan fingerprint density at radius 2 is 2.19 bits per heavy atom. The highest BCUT2D eigenvalue weighted by atomic mass is 15.1. The van der Waals surface area contributed by atoms with E-state index < -0.39 is 0 Å². The molecular formula is C15H21N. The van der Waals surface area contributed by atoms with E-state index in [1.807, 2.05) is 0 Å². The van der Waals surface area contributed by atoms with E-state index in [2.05, 4.69) is 68.8 Å². The van der Waals surface area contributed by atoms with Crippen molar-refractivity contribution in [1.29, 1.82) is 0 Å². The Labute approximate surface area is 99.2 Å². The van der Waals surface area contributed by atoms with Gasteiger partial charge in [-0.05, 0) is 31.9 Å². The monoisotopic (exact) mass is 215 g/mol. The second-order valence-corrected chi connectivity index (χ2v) is 4.18. The van der Waals surface area contributed by atoms with E-state index in [1.165, 1.54) is 11.1 Å². The fraction of sp³-hybridized carbons (Fsp3) is 0.333. The molecule has 0 bridgehead atoms. The van der Waals surface area contributed by atoms with Gasteiger partial charge in [-0.15, -0.1) is 0 Å². The largest absolute Gasteiger partial charge is 0.344 e. The van der Waals surface area contributed by atoms with E-state index in [0.29, 0.717) is 0 Å². The molecule has 1 heteroatoms. The van der Waals surface area contributed by atoms with Crippen molar-refractivity contribution >= 4 is 0 Å². The first kappa shape index (κ1) is 12.6. The van der Waals surface area contributed by atoms with Crippen molar-refractivity contribution in [2.45, 2.75) is 27.2 Å². The molecule has 0 aromatic heterocycles. The highest BCUT2D eigenvalue weighted by molar-refractivity contribution is 5.32. The van der Waals surface area contributed by atoms with Crippen LogP contribution in [0.1, 0.15) is 27.2 Å². The first-order valence-corrected chi connectivity index (χ1v) is 5.78. The first-order chi connectivity index (χ1) is 7.63. The molecule has 86 valence electrons. The number of hydrogen-bond acceptors (Lipinski definition) is 1. The minimum absolute atomic E-state index is 0.911. The second-order valence-electron chi connectivity index (χ2n) is 4.18. The van der Waals surface area contributed by atoms with Crippen LogP contribution in [0, 0.1) is 0 Å². The van der Waals surface area contributed by atoms with Gasteiger partial charge in [0, 0.05) is 18.4 Å². The van der Waals surface area contributed by atoms with Gasteiger partial charge in [0.05, 0.1) is 0 Å². The van der Waals surface area contributed by atoms with Crippen molar-refractivity contribution in [2.75, 3.05) is 6.54 Å². The smallest absolute Gasteiger partial charge is 0.0435 e. The molecule has 1 aliphatic rings. The fourth-order valence-corrected chi connectivity index (χ4v) is 1.53. The van der Waals surface area contributed by atoms with Crippen LogP contribution in [-0.4, -0.2) is 11.4 Å². The minimum Gasteiger partial charge on any atom is -0.344 e. The zero-order valence-electron chi connectivity index (χ0n) is 10.5. The standard InChI is InChI=1S/C15H21N/c1-5-6-7-8-13(2)11-16-12-14(3)9-10-15(16)4/h6-10,12H,4-5,11H2,1-3H3/b7-6-,13-8+. The highest BCUT2D eigenvalue weighted by Gasteiger charge is 2.06. The van der Waals surface area contributed by atoms with Crippen LogP contribution in [0.2, 0.25) is 0 Å². The normalized spacial score (nSPS) is 17.2. The van der Waals surface area contributed by atoms with Gasteiger partial charge >= 0.3 is 0 Å². The van der Waals surface area contributed by atoms with Crippen LogP contribution < -0.4 is 0 Å². The predicted octanol–water partition coefficient (Wildman–Crippen LogP) is 4.19. The Morgan fingerprint density at radius 3 is 2.88 bits per heavy atom. The van der Waals surface area contributed by atoms with E-state index in [-0.39, 0.29) is 0 Å². The Kier molecular flexibility index (Phi) is 4.84. The zero-order chi connectivity index (χ0) is 12.0. The van der Waals surface area contributed by atoms with Crippen LogP contribution in [0.4, 0.5) is 0 Å². The molecule has 0 fully saturated rings. The summed E-state index contributed by atoms with van der Waals surface area (Å²) in [7, 11) is 0. The van der Waals surface area contributed by atoms with E-state index in [9.17, 15) is 0 Å². The van der Waals surface area contributed by atoms with Gasteiger partial charge in [-0.25, -0.2) is 0 Å². The van der Waals surface area contributed by atoms with Crippen LogP contribution in [-0.2, 0) is 0 Å². The third-order valence-corrected chi connectivity index (χ3v) is 2.44. The summed E-state index contributed by atoms with van der Waals surface area (Å²) in [4.78, 5) is 2.18. The Morgan fingerprint density at radius 1 is 1.44 bits per heavy atom. The average Bonchev–Trinajstić information content (AvgIpc) is 2.24. The molecule has 1 nitrogen and oxygen atoms in total. The van der Waals surface area contributed by atoms with Crippen LogP contribution in [0.25, 0.3) is 0 Å². The minimum atomic E-state index is 0.911. The van der Waals surface area contributed by atoms with Gasteiger partial charge in [-0.1, -0.05) is 43.4 Å². The SMILES string of the molecule is C=C1C=CC(C)=CN1C/C(C)=C/C=C\CC. The summed E-state index contributed by atoms with van der Waals surface area (Å²) < 4.78 is 0. The molecule has 0 unspecified atom stereocenters. The van der Waals surface area contributed by atoms with Crippen molar-refractivity contribution in [2.24, 2.45) is 0 Å². The van der Waals surface area contributed by atoms with Crippen molar-refractivity contribution in [1.82, 2.24) is 4.90 Å². The maximum atomic E-state index is 4.03. The number of rotatable bonds is 4. The van der Waals surface area contributed by atoms with Crippen molar-refractivity contribution in [3.8, 4) is 0 Å². The molecule has 0 radical (unpaired) electrons. The number of hydrogen-bond donors (Lipinski definition) is 0. The third-order valence-electron chi connectivity index (χ3n) is 2.44. The fourth-order valence-electron chi connectivity index (χ4n) is 1.53. The predicted molar refractivity (Wildman–Crippen MR) is 71.9 cm³/mol. The molecule has 0 amide bonds. The summed E-state index contributed by atoms with van der Waals surface area (Å²) in [5.41, 5.74) is 3.66. The van der Waals surface area contributed by atoms with Crippen LogP contribution >= 0.6 is 0 Å². The lowest BCUT2D eigenvalue weighted by Gasteiger charge is -2.24. The average molecular weight is 215 g/mol. The Bertz CT molecular complexity index is 367. The molecule has 0 saturated carbocycles. The van der Waals surface area contributed by atoms with Crippen LogP contribution in [0.3, 0.4) is 0 Å². The quantitative estimate of drug-likeness (QED) is 0.636. The Hall–Kier alpha value is -1.50. The summed E-state index contributed by atoms with van der Waals surface area (Å²) in [5, 5.41) is 0. The van der Waals surface area contributed by atoms with Gasteiger partial charge in [0.25, 0.3) is 0 Å². The molecule has 0 aliphatic carbocycles. The second kappa shape index (κ2) is 6.16. The molecule has 0 N–H and O–H groups in total. The summed E-state index contributed by atoms with van der Waals surface area (Å²) in [6.07, 6.45) is 13.8. The van der Waals surface area contributed by atoms with Gasteiger partial charge in [0.2, 0.25) is 0 Å². The molecule has 0 aromatic rings. The zero-order valence-corrected chi connectivity index (χ0v) is 10.5. The van der Waals surface area contributed by atoms with E-state index >= 15 is 0 Å². The third kappa shape index (κ3) is 3.93. The Balaban J connectivity index is 2.60. The van der Waals surface area contributed by atoms with Gasteiger partial charge in [-0.3, -0.25) is 0 Å².